The first-order valence-electron chi connectivity index (χ1n) is 14.6. The summed E-state index contributed by atoms with van der Waals surface area (Å²) in [5, 5.41) is 16.5. The summed E-state index contributed by atoms with van der Waals surface area (Å²) in [5.41, 5.74) is 9.64. The largest absolute Gasteiger partial charge is 0.508 e. The number of benzene rings is 3. The molecule has 0 aliphatic heterocycles. The number of hydrogen-bond acceptors (Lipinski definition) is 10. The van der Waals surface area contributed by atoms with Crippen molar-refractivity contribution in [1.29, 1.82) is 0 Å². The van der Waals surface area contributed by atoms with Crippen LogP contribution in [0.25, 0.3) is 33.2 Å². The second-order valence-electron chi connectivity index (χ2n) is 10.5. The topological polar surface area (TPSA) is 152 Å². The van der Waals surface area contributed by atoms with E-state index in [1.807, 2.05) is 36.4 Å². The normalized spacial score (nSPS) is 11.5. The molecule has 3 N–H and O–H groups in total. The molecule has 13 heteroatoms. The number of hydrogen-bond donors (Lipinski definition) is 2. The van der Waals surface area contributed by atoms with Crippen LogP contribution in [-0.4, -0.2) is 67.9 Å². The van der Waals surface area contributed by atoms with Crippen molar-refractivity contribution in [1.82, 2.24) is 29.3 Å². The van der Waals surface area contributed by atoms with Crippen molar-refractivity contribution < 1.29 is 19.3 Å². The summed E-state index contributed by atoms with van der Waals surface area (Å²) in [6.45, 7) is 2.22. The second kappa shape index (κ2) is 14.0. The Bertz CT molecular complexity index is 2060. The monoisotopic (exact) mass is 641 g/mol. The van der Waals surface area contributed by atoms with Gasteiger partial charge in [0, 0.05) is 17.7 Å². The van der Waals surface area contributed by atoms with E-state index in [4.69, 9.17) is 41.6 Å². The van der Waals surface area contributed by atoms with Crippen LogP contribution in [0.5, 0.6) is 5.75 Å². The lowest BCUT2D eigenvalue weighted by molar-refractivity contribution is 0.0202. The van der Waals surface area contributed by atoms with Gasteiger partial charge in [0.05, 0.1) is 55.9 Å². The van der Waals surface area contributed by atoms with E-state index in [1.165, 1.54) is 6.33 Å². The van der Waals surface area contributed by atoms with Crippen molar-refractivity contribution in [3.63, 3.8) is 0 Å². The predicted molar refractivity (Wildman–Crippen MR) is 175 cm³/mol. The van der Waals surface area contributed by atoms with Crippen LogP contribution in [0.15, 0.2) is 77.9 Å². The molecule has 236 valence electrons. The lowest BCUT2D eigenvalue weighted by atomic mass is 10.1. The van der Waals surface area contributed by atoms with E-state index in [0.29, 0.717) is 76.0 Å². The van der Waals surface area contributed by atoms with Crippen LogP contribution in [0.3, 0.4) is 0 Å². The van der Waals surface area contributed by atoms with E-state index >= 15 is 0 Å². The smallest absolute Gasteiger partial charge is 0.262 e. The summed E-state index contributed by atoms with van der Waals surface area (Å²) in [5.74, 6) is 0.758. The van der Waals surface area contributed by atoms with Crippen molar-refractivity contribution in [2.45, 2.75) is 19.7 Å². The number of nitrogen functional groups attached to an aromatic ring is 1. The molecule has 0 fully saturated rings. The van der Waals surface area contributed by atoms with E-state index in [0.717, 1.165) is 5.56 Å². The molecule has 0 saturated heterocycles. The SMILES string of the molecule is COCCOCCOCc1cccc2nc(Cn3nc(-c4cccc(O)c4)c4c(N)ncnc43)n(Cc3ccccc3Cl)c(=O)c12. The summed E-state index contributed by atoms with van der Waals surface area (Å²) in [4.78, 5) is 28.0. The molecule has 6 aromatic rings. The van der Waals surface area contributed by atoms with Gasteiger partial charge in [-0.05, 0) is 35.4 Å². The van der Waals surface area contributed by atoms with E-state index in [1.54, 1.807) is 46.7 Å². The Morgan fingerprint density at radius 3 is 2.50 bits per heavy atom. The zero-order valence-electron chi connectivity index (χ0n) is 25.1. The summed E-state index contributed by atoms with van der Waals surface area (Å²) >= 11 is 6.55. The average molecular weight is 642 g/mol. The molecule has 3 aromatic heterocycles. The number of phenols is 1. The summed E-state index contributed by atoms with van der Waals surface area (Å²) < 4.78 is 19.6. The molecule has 0 aliphatic rings. The maximum Gasteiger partial charge on any atom is 0.262 e. The van der Waals surface area contributed by atoms with E-state index < -0.39 is 0 Å². The minimum Gasteiger partial charge on any atom is -0.508 e. The third kappa shape index (κ3) is 6.56. The predicted octanol–water partition coefficient (Wildman–Crippen LogP) is 4.42. The van der Waals surface area contributed by atoms with Crippen molar-refractivity contribution in [3.05, 3.63) is 105 Å². The third-order valence-electron chi connectivity index (χ3n) is 7.47. The molecule has 6 rings (SSSR count). The minimum atomic E-state index is -0.241. The Balaban J connectivity index is 1.43. The summed E-state index contributed by atoms with van der Waals surface area (Å²) in [6, 6.07) is 19.6. The van der Waals surface area contributed by atoms with Crippen LogP contribution in [-0.2, 0) is 33.9 Å². The molecule has 0 spiro atoms. The Morgan fingerprint density at radius 1 is 0.891 bits per heavy atom. The van der Waals surface area contributed by atoms with Crippen LogP contribution < -0.4 is 11.3 Å². The maximum atomic E-state index is 14.3. The van der Waals surface area contributed by atoms with Gasteiger partial charge < -0.3 is 25.1 Å². The van der Waals surface area contributed by atoms with Crippen LogP contribution in [0.4, 0.5) is 5.82 Å². The Hall–Kier alpha value is -4.88. The van der Waals surface area contributed by atoms with Gasteiger partial charge in [0.1, 0.15) is 36.0 Å². The number of nitrogens with zero attached hydrogens (tertiary/aromatic N) is 6. The van der Waals surface area contributed by atoms with Crippen molar-refractivity contribution in [2.75, 3.05) is 39.3 Å². The quantitative estimate of drug-likeness (QED) is 0.173. The number of nitrogens with two attached hydrogens (primary N) is 1. The van der Waals surface area contributed by atoms with Gasteiger partial charge in [-0.1, -0.05) is 54.1 Å². The molecule has 3 aromatic carbocycles. The zero-order valence-corrected chi connectivity index (χ0v) is 25.9. The highest BCUT2D eigenvalue weighted by Gasteiger charge is 2.21. The van der Waals surface area contributed by atoms with Crippen molar-refractivity contribution in [3.8, 4) is 17.0 Å². The fourth-order valence-corrected chi connectivity index (χ4v) is 5.45. The van der Waals surface area contributed by atoms with Gasteiger partial charge in [-0.15, -0.1) is 0 Å². The van der Waals surface area contributed by atoms with Gasteiger partial charge in [-0.25, -0.2) is 19.6 Å². The highest BCUT2D eigenvalue weighted by atomic mass is 35.5. The number of halogens is 1. The molecule has 0 atom stereocenters. The van der Waals surface area contributed by atoms with Gasteiger partial charge in [0.25, 0.3) is 5.56 Å². The van der Waals surface area contributed by atoms with E-state index in [2.05, 4.69) is 9.97 Å². The third-order valence-corrected chi connectivity index (χ3v) is 7.83. The lowest BCUT2D eigenvalue weighted by Crippen LogP contribution is -2.28. The van der Waals surface area contributed by atoms with Gasteiger partial charge in [-0.2, -0.15) is 5.10 Å². The van der Waals surface area contributed by atoms with Crippen molar-refractivity contribution in [2.24, 2.45) is 0 Å². The Labute approximate surface area is 269 Å². The van der Waals surface area contributed by atoms with E-state index in [9.17, 15) is 9.90 Å². The highest BCUT2D eigenvalue weighted by Crippen LogP contribution is 2.32. The fourth-order valence-electron chi connectivity index (χ4n) is 5.25. The van der Waals surface area contributed by atoms with E-state index in [-0.39, 0.29) is 36.8 Å². The molecule has 46 heavy (non-hydrogen) atoms. The molecule has 0 unspecified atom stereocenters. The number of anilines is 1. The average Bonchev–Trinajstić information content (AvgIpc) is 3.42. The first kappa shape index (κ1) is 31.1. The van der Waals surface area contributed by atoms with Crippen LogP contribution in [0, 0.1) is 0 Å². The van der Waals surface area contributed by atoms with Crippen LogP contribution >= 0.6 is 11.6 Å². The molecule has 3 heterocycles. The minimum absolute atomic E-state index is 0.0822. The summed E-state index contributed by atoms with van der Waals surface area (Å²) in [6.07, 6.45) is 1.36. The lowest BCUT2D eigenvalue weighted by Gasteiger charge is -2.16. The standard InChI is InChI=1S/C33H32ClN7O5/c1-44-12-13-45-14-15-46-19-23-8-5-11-26-28(23)33(43)40(17-22-6-2-3-10-25(22)34)27(38-26)18-41-32-29(31(35)36-20-37-32)30(39-41)21-7-4-9-24(42)16-21/h2-11,16,20,42H,12-15,17-19H2,1H3,(H2,35,36,37). The zero-order chi connectivity index (χ0) is 32.0. The highest BCUT2D eigenvalue weighted by molar-refractivity contribution is 6.31. The van der Waals surface area contributed by atoms with Gasteiger partial charge in [0.2, 0.25) is 0 Å². The molecule has 12 nitrogen and oxygen atoms in total. The van der Waals surface area contributed by atoms with Gasteiger partial charge in [-0.3, -0.25) is 9.36 Å². The maximum absolute atomic E-state index is 14.3. The first-order chi connectivity index (χ1) is 22.4. The number of fused-ring (bicyclic) bond motifs is 2. The number of rotatable bonds is 13. The van der Waals surface area contributed by atoms with Crippen LogP contribution in [0.2, 0.25) is 5.02 Å². The molecule has 0 saturated carbocycles. The number of methoxy groups -OCH3 is 1. The van der Waals surface area contributed by atoms with Gasteiger partial charge >= 0.3 is 0 Å². The molecule has 0 amide bonds. The van der Waals surface area contributed by atoms with Crippen LogP contribution in [0.1, 0.15) is 17.0 Å². The molecular formula is C33H32ClN7O5. The Kier molecular flexibility index (Phi) is 9.50. The van der Waals surface area contributed by atoms with Gasteiger partial charge in [0.15, 0.2) is 5.65 Å². The second-order valence-corrected chi connectivity index (χ2v) is 10.9. The first-order valence-corrected chi connectivity index (χ1v) is 15.0. The number of aromatic hydroxyl groups is 1. The number of phenolic OH excluding ortho intramolecular Hbond substituents is 1. The number of ether oxygens (including phenoxy) is 3. The Morgan fingerprint density at radius 2 is 1.67 bits per heavy atom. The summed E-state index contributed by atoms with van der Waals surface area (Å²) in [7, 11) is 1.62. The molecular weight excluding hydrogens is 610 g/mol. The van der Waals surface area contributed by atoms with Crippen molar-refractivity contribution >= 4 is 39.4 Å². The molecule has 0 bridgehead atoms. The fraction of sp³-hybridized carbons (Fsp3) is 0.242. The molecule has 0 aliphatic carbocycles. The number of aromatic nitrogens is 6. The molecule has 0 radical (unpaired) electrons.